The lowest BCUT2D eigenvalue weighted by molar-refractivity contribution is -0.130. The van der Waals surface area contributed by atoms with Crippen molar-refractivity contribution < 1.29 is 9.90 Å². The average Bonchev–Trinajstić information content (AvgIpc) is 2.15. The molecule has 2 nitrogen and oxygen atoms in total. The zero-order chi connectivity index (χ0) is 10.2. The van der Waals surface area contributed by atoms with E-state index in [-0.39, 0.29) is 5.41 Å². The molecule has 1 fully saturated rings. The van der Waals surface area contributed by atoms with Gasteiger partial charge in [-0.3, -0.25) is 4.79 Å². The average molecular weight is 194 g/mol. The van der Waals surface area contributed by atoms with E-state index in [0.717, 1.165) is 38.5 Å². The van der Waals surface area contributed by atoms with E-state index in [1.807, 2.05) is 13.0 Å². The molecule has 0 amide bonds. The Bertz CT molecular complexity index is 266. The highest BCUT2D eigenvalue weighted by atomic mass is 16.3. The zero-order valence-electron chi connectivity index (χ0n) is 8.75. The summed E-state index contributed by atoms with van der Waals surface area (Å²) in [6, 6.07) is 0. The Morgan fingerprint density at radius 1 is 1.21 bits per heavy atom. The van der Waals surface area contributed by atoms with Crippen LogP contribution in [0.15, 0.2) is 12.2 Å². The lowest BCUT2D eigenvalue weighted by atomic mass is 9.63. The van der Waals surface area contributed by atoms with Crippen molar-refractivity contribution in [2.75, 3.05) is 0 Å². The molecule has 0 unspecified atom stereocenters. The summed E-state index contributed by atoms with van der Waals surface area (Å²) in [7, 11) is 0. The van der Waals surface area contributed by atoms with E-state index in [2.05, 4.69) is 0 Å². The molecule has 0 aromatic rings. The second-order valence-electron chi connectivity index (χ2n) is 5.08. The van der Waals surface area contributed by atoms with Crippen LogP contribution in [-0.2, 0) is 4.79 Å². The summed E-state index contributed by atoms with van der Waals surface area (Å²) in [6.07, 6.45) is 8.99. The summed E-state index contributed by atoms with van der Waals surface area (Å²) in [5.74, 6) is 0.291. The first-order valence-electron chi connectivity index (χ1n) is 5.48. The standard InChI is InChI=1S/C12H18O2/c1-11(14)6-8-12(9-7-11)5-3-2-4-10(12)13/h2,4,14H,3,5-9H2,1H3. The predicted molar refractivity (Wildman–Crippen MR) is 54.9 cm³/mol. The molecule has 78 valence electrons. The SMILES string of the molecule is CC1(O)CCC2(CCC=CC2=O)CC1. The van der Waals surface area contributed by atoms with Crippen LogP contribution in [0.1, 0.15) is 45.4 Å². The van der Waals surface area contributed by atoms with Gasteiger partial charge in [0.15, 0.2) is 5.78 Å². The van der Waals surface area contributed by atoms with Crippen molar-refractivity contribution in [1.82, 2.24) is 0 Å². The zero-order valence-corrected chi connectivity index (χ0v) is 8.75. The maximum Gasteiger partial charge on any atom is 0.161 e. The van der Waals surface area contributed by atoms with Crippen LogP contribution in [0.25, 0.3) is 0 Å². The van der Waals surface area contributed by atoms with Gasteiger partial charge in [0, 0.05) is 5.41 Å². The molecular formula is C12H18O2. The van der Waals surface area contributed by atoms with E-state index >= 15 is 0 Å². The highest BCUT2D eigenvalue weighted by molar-refractivity contribution is 5.95. The van der Waals surface area contributed by atoms with E-state index in [1.165, 1.54) is 0 Å². The van der Waals surface area contributed by atoms with Gasteiger partial charge in [-0.2, -0.15) is 0 Å². The molecule has 1 saturated carbocycles. The molecule has 2 aliphatic carbocycles. The van der Waals surface area contributed by atoms with Gasteiger partial charge in [-0.15, -0.1) is 0 Å². The van der Waals surface area contributed by atoms with Gasteiger partial charge in [0.2, 0.25) is 0 Å². The number of aliphatic hydroxyl groups is 1. The fourth-order valence-corrected chi connectivity index (χ4v) is 2.61. The fourth-order valence-electron chi connectivity index (χ4n) is 2.61. The molecule has 2 heteroatoms. The summed E-state index contributed by atoms with van der Waals surface area (Å²) in [5.41, 5.74) is -0.649. The van der Waals surface area contributed by atoms with Gasteiger partial charge in [-0.1, -0.05) is 6.08 Å². The van der Waals surface area contributed by atoms with Gasteiger partial charge in [0.1, 0.15) is 0 Å². The van der Waals surface area contributed by atoms with Gasteiger partial charge < -0.3 is 5.11 Å². The first-order valence-corrected chi connectivity index (χ1v) is 5.48. The fraction of sp³-hybridized carbons (Fsp3) is 0.750. The Balaban J connectivity index is 2.12. The van der Waals surface area contributed by atoms with Crippen molar-refractivity contribution in [2.24, 2.45) is 5.41 Å². The molecule has 2 aliphatic rings. The Kier molecular flexibility index (Phi) is 2.26. The second-order valence-corrected chi connectivity index (χ2v) is 5.08. The molecule has 1 spiro atoms. The van der Waals surface area contributed by atoms with Crippen molar-refractivity contribution in [3.63, 3.8) is 0 Å². The molecule has 0 bridgehead atoms. The van der Waals surface area contributed by atoms with Gasteiger partial charge in [0.05, 0.1) is 5.60 Å². The van der Waals surface area contributed by atoms with Crippen molar-refractivity contribution in [2.45, 2.75) is 51.0 Å². The van der Waals surface area contributed by atoms with Crippen LogP contribution in [0.3, 0.4) is 0 Å². The van der Waals surface area contributed by atoms with E-state index in [1.54, 1.807) is 6.08 Å². The molecule has 0 radical (unpaired) electrons. The molecule has 0 atom stereocenters. The van der Waals surface area contributed by atoms with Crippen molar-refractivity contribution in [3.05, 3.63) is 12.2 Å². The minimum Gasteiger partial charge on any atom is -0.390 e. The van der Waals surface area contributed by atoms with Crippen LogP contribution in [0.4, 0.5) is 0 Å². The van der Waals surface area contributed by atoms with E-state index in [9.17, 15) is 9.90 Å². The van der Waals surface area contributed by atoms with Crippen LogP contribution in [0.2, 0.25) is 0 Å². The first-order chi connectivity index (χ1) is 6.54. The van der Waals surface area contributed by atoms with Crippen LogP contribution in [0.5, 0.6) is 0 Å². The van der Waals surface area contributed by atoms with Crippen LogP contribution < -0.4 is 0 Å². The molecule has 0 aromatic carbocycles. The molecule has 0 aliphatic heterocycles. The normalized spacial score (nSPS) is 43.1. The number of hydrogen-bond acceptors (Lipinski definition) is 2. The van der Waals surface area contributed by atoms with Crippen LogP contribution in [-0.4, -0.2) is 16.5 Å². The Hall–Kier alpha value is -0.630. The van der Waals surface area contributed by atoms with Gasteiger partial charge >= 0.3 is 0 Å². The van der Waals surface area contributed by atoms with Crippen LogP contribution in [0, 0.1) is 5.41 Å². The van der Waals surface area contributed by atoms with Crippen molar-refractivity contribution >= 4 is 5.78 Å². The number of carbonyl (C=O) groups excluding carboxylic acids is 1. The molecule has 1 N–H and O–H groups in total. The second kappa shape index (κ2) is 3.20. The topological polar surface area (TPSA) is 37.3 Å². The van der Waals surface area contributed by atoms with Gasteiger partial charge in [0.25, 0.3) is 0 Å². The highest BCUT2D eigenvalue weighted by Crippen LogP contribution is 2.46. The van der Waals surface area contributed by atoms with E-state index in [4.69, 9.17) is 0 Å². The Labute approximate surface area is 85.0 Å². The number of ketones is 1. The predicted octanol–water partition coefficient (Wildman–Crippen LogP) is 2.22. The smallest absolute Gasteiger partial charge is 0.161 e. The monoisotopic (exact) mass is 194 g/mol. The maximum absolute atomic E-state index is 11.8. The lowest BCUT2D eigenvalue weighted by Gasteiger charge is -2.42. The van der Waals surface area contributed by atoms with Gasteiger partial charge in [-0.05, 0) is 51.5 Å². The van der Waals surface area contributed by atoms with Crippen LogP contribution >= 0.6 is 0 Å². The quantitative estimate of drug-likeness (QED) is 0.642. The molecule has 0 aromatic heterocycles. The Morgan fingerprint density at radius 3 is 2.43 bits per heavy atom. The number of rotatable bonds is 0. The number of allylic oxidation sites excluding steroid dienone is 2. The summed E-state index contributed by atoms with van der Waals surface area (Å²) >= 11 is 0. The largest absolute Gasteiger partial charge is 0.390 e. The van der Waals surface area contributed by atoms with Gasteiger partial charge in [-0.25, -0.2) is 0 Å². The molecule has 2 rings (SSSR count). The Morgan fingerprint density at radius 2 is 1.86 bits per heavy atom. The molecule has 0 heterocycles. The third-order valence-electron chi connectivity index (χ3n) is 3.87. The summed E-state index contributed by atoms with van der Waals surface area (Å²) in [5, 5.41) is 9.85. The maximum atomic E-state index is 11.8. The van der Waals surface area contributed by atoms with E-state index in [0.29, 0.717) is 5.78 Å². The van der Waals surface area contributed by atoms with Crippen molar-refractivity contribution in [3.8, 4) is 0 Å². The molecular weight excluding hydrogens is 176 g/mol. The van der Waals surface area contributed by atoms with Crippen molar-refractivity contribution in [1.29, 1.82) is 0 Å². The van der Waals surface area contributed by atoms with E-state index < -0.39 is 5.60 Å². The number of carbonyl (C=O) groups is 1. The lowest BCUT2D eigenvalue weighted by Crippen LogP contribution is -2.41. The summed E-state index contributed by atoms with van der Waals surface area (Å²) in [6.45, 7) is 1.88. The third-order valence-corrected chi connectivity index (χ3v) is 3.87. The number of hydrogen-bond donors (Lipinski definition) is 1. The first kappa shape index (κ1) is 9.91. The molecule has 0 saturated heterocycles. The minimum absolute atomic E-state index is 0.114. The highest BCUT2D eigenvalue weighted by Gasteiger charge is 2.43. The minimum atomic E-state index is -0.535. The third kappa shape index (κ3) is 1.63. The molecule has 14 heavy (non-hydrogen) atoms. The summed E-state index contributed by atoms with van der Waals surface area (Å²) in [4.78, 5) is 11.8. The summed E-state index contributed by atoms with van der Waals surface area (Å²) < 4.78 is 0.